The summed E-state index contributed by atoms with van der Waals surface area (Å²) in [5, 5.41) is 3.45. The van der Waals surface area contributed by atoms with Crippen molar-refractivity contribution in [3.8, 4) is 5.75 Å². The highest BCUT2D eigenvalue weighted by atomic mass is 79.9. The third kappa shape index (κ3) is 4.11. The normalized spacial score (nSPS) is 14.1. The highest BCUT2D eigenvalue weighted by Gasteiger charge is 2.15. The lowest BCUT2D eigenvalue weighted by atomic mass is 10.0. The zero-order chi connectivity index (χ0) is 17.1. The molecule has 3 nitrogen and oxygen atoms in total. The van der Waals surface area contributed by atoms with Crippen molar-refractivity contribution in [3.63, 3.8) is 0 Å². The first kappa shape index (κ1) is 17.3. The molecule has 0 saturated heterocycles. The Bertz CT molecular complexity index is 763. The topological polar surface area (TPSA) is 38.3 Å². The Balaban J connectivity index is 1.56. The molecular formula is C19H19BrClNO2. The van der Waals surface area contributed by atoms with Gasteiger partial charge in [0.15, 0.2) is 6.61 Å². The molecule has 5 heteroatoms. The molecule has 0 saturated carbocycles. The van der Waals surface area contributed by atoms with Crippen LogP contribution in [0.1, 0.15) is 36.1 Å². The van der Waals surface area contributed by atoms with Crippen LogP contribution in [-0.4, -0.2) is 12.5 Å². The van der Waals surface area contributed by atoms with Gasteiger partial charge in [0.2, 0.25) is 0 Å². The van der Waals surface area contributed by atoms with E-state index >= 15 is 0 Å². The van der Waals surface area contributed by atoms with Crippen LogP contribution in [0.4, 0.5) is 0 Å². The summed E-state index contributed by atoms with van der Waals surface area (Å²) < 4.78 is 6.37. The lowest BCUT2D eigenvalue weighted by Crippen LogP contribution is -2.31. The molecule has 0 radical (unpaired) electrons. The molecule has 0 fully saturated rings. The minimum Gasteiger partial charge on any atom is -0.482 e. The molecule has 0 bridgehead atoms. The zero-order valence-electron chi connectivity index (χ0n) is 13.4. The summed E-state index contributed by atoms with van der Waals surface area (Å²) in [5.41, 5.74) is 3.97. The number of amides is 1. The quantitative estimate of drug-likeness (QED) is 0.768. The second-order valence-corrected chi connectivity index (χ2v) is 7.36. The van der Waals surface area contributed by atoms with Gasteiger partial charge in [-0.25, -0.2) is 0 Å². The van der Waals surface area contributed by atoms with Crippen LogP contribution >= 0.6 is 27.5 Å². The van der Waals surface area contributed by atoms with Crippen LogP contribution in [0.5, 0.6) is 5.75 Å². The number of hydrogen-bond acceptors (Lipinski definition) is 2. The maximum Gasteiger partial charge on any atom is 0.258 e. The van der Waals surface area contributed by atoms with Crippen LogP contribution in [0.25, 0.3) is 0 Å². The fraction of sp³-hybridized carbons (Fsp3) is 0.316. The van der Waals surface area contributed by atoms with E-state index in [1.807, 2.05) is 13.0 Å². The van der Waals surface area contributed by atoms with Crippen molar-refractivity contribution in [1.29, 1.82) is 0 Å². The number of ether oxygens (including phenoxy) is 1. The molecule has 1 N–H and O–H groups in total. The standard InChI is InChI=1S/C19H19BrClNO2/c1-12(14-6-5-13-3-2-4-15(13)9-14)22-19(23)11-24-18-8-7-16(20)10-17(18)21/h5-10,12H,2-4,11H2,1H3,(H,22,23). The molecule has 1 unspecified atom stereocenters. The molecule has 3 rings (SSSR count). The Labute approximate surface area is 155 Å². The van der Waals surface area contributed by atoms with Crippen LogP contribution in [0, 0.1) is 0 Å². The number of fused-ring (bicyclic) bond motifs is 1. The Hall–Kier alpha value is -1.52. The smallest absolute Gasteiger partial charge is 0.258 e. The molecule has 2 aromatic rings. The molecule has 1 aliphatic carbocycles. The van der Waals surface area contributed by atoms with Gasteiger partial charge in [0.1, 0.15) is 5.75 Å². The first-order chi connectivity index (χ1) is 11.5. The molecule has 2 aromatic carbocycles. The first-order valence-electron chi connectivity index (χ1n) is 8.02. The number of rotatable bonds is 5. The van der Waals surface area contributed by atoms with E-state index in [9.17, 15) is 4.79 Å². The molecule has 1 aliphatic rings. The molecule has 0 spiro atoms. The van der Waals surface area contributed by atoms with Gasteiger partial charge in [-0.3, -0.25) is 4.79 Å². The maximum atomic E-state index is 12.1. The van der Waals surface area contributed by atoms with Gasteiger partial charge < -0.3 is 10.1 Å². The van der Waals surface area contributed by atoms with Gasteiger partial charge in [-0.15, -0.1) is 0 Å². The number of nitrogens with one attached hydrogen (secondary N) is 1. The van der Waals surface area contributed by atoms with Gasteiger partial charge in [0, 0.05) is 4.47 Å². The first-order valence-corrected chi connectivity index (χ1v) is 9.19. The molecule has 0 heterocycles. The van der Waals surface area contributed by atoms with Crippen molar-refractivity contribution >= 4 is 33.4 Å². The minimum atomic E-state index is -0.165. The largest absolute Gasteiger partial charge is 0.482 e. The van der Waals surface area contributed by atoms with E-state index in [0.29, 0.717) is 10.8 Å². The van der Waals surface area contributed by atoms with Gasteiger partial charge in [-0.1, -0.05) is 45.7 Å². The minimum absolute atomic E-state index is 0.0487. The van der Waals surface area contributed by atoms with Gasteiger partial charge >= 0.3 is 0 Å². The van der Waals surface area contributed by atoms with Gasteiger partial charge in [-0.05, 0) is 61.1 Å². The lowest BCUT2D eigenvalue weighted by Gasteiger charge is -2.16. The van der Waals surface area contributed by atoms with Crippen molar-refractivity contribution in [3.05, 3.63) is 62.6 Å². The number of hydrogen-bond donors (Lipinski definition) is 1. The van der Waals surface area contributed by atoms with Gasteiger partial charge in [-0.2, -0.15) is 0 Å². The Morgan fingerprint density at radius 3 is 2.83 bits per heavy atom. The molecule has 0 aliphatic heterocycles. The number of carbonyl (C=O) groups is 1. The van der Waals surface area contributed by atoms with Crippen molar-refractivity contribution < 1.29 is 9.53 Å². The summed E-state index contributed by atoms with van der Waals surface area (Å²) in [6.07, 6.45) is 3.52. The molecular weight excluding hydrogens is 390 g/mol. The van der Waals surface area contributed by atoms with E-state index in [4.69, 9.17) is 16.3 Å². The van der Waals surface area contributed by atoms with E-state index in [2.05, 4.69) is 39.4 Å². The van der Waals surface area contributed by atoms with Crippen molar-refractivity contribution in [2.45, 2.75) is 32.2 Å². The lowest BCUT2D eigenvalue weighted by molar-refractivity contribution is -0.123. The molecule has 1 atom stereocenters. The summed E-state index contributed by atoms with van der Waals surface area (Å²) in [7, 11) is 0. The van der Waals surface area contributed by atoms with Crippen molar-refractivity contribution in [1.82, 2.24) is 5.32 Å². The summed E-state index contributed by atoms with van der Waals surface area (Å²) in [6, 6.07) is 11.7. The van der Waals surface area contributed by atoms with Gasteiger partial charge in [0.25, 0.3) is 5.91 Å². The number of aryl methyl sites for hydroxylation is 2. The highest BCUT2D eigenvalue weighted by molar-refractivity contribution is 9.10. The van der Waals surface area contributed by atoms with Crippen LogP contribution < -0.4 is 10.1 Å². The Kier molecular flexibility index (Phi) is 5.47. The van der Waals surface area contributed by atoms with Crippen molar-refractivity contribution in [2.75, 3.05) is 6.61 Å². The van der Waals surface area contributed by atoms with E-state index in [0.717, 1.165) is 22.9 Å². The molecule has 126 valence electrons. The van der Waals surface area contributed by atoms with E-state index in [1.54, 1.807) is 12.1 Å². The Morgan fingerprint density at radius 2 is 2.04 bits per heavy atom. The Morgan fingerprint density at radius 1 is 1.25 bits per heavy atom. The van der Waals surface area contributed by atoms with Crippen molar-refractivity contribution in [2.24, 2.45) is 0 Å². The fourth-order valence-electron chi connectivity index (χ4n) is 2.96. The molecule has 24 heavy (non-hydrogen) atoms. The monoisotopic (exact) mass is 407 g/mol. The summed E-state index contributed by atoms with van der Waals surface area (Å²) in [4.78, 5) is 12.1. The van der Waals surface area contributed by atoms with E-state index in [1.165, 1.54) is 17.5 Å². The third-order valence-electron chi connectivity index (χ3n) is 4.25. The van der Waals surface area contributed by atoms with Crippen LogP contribution in [0.3, 0.4) is 0 Å². The van der Waals surface area contributed by atoms with Gasteiger partial charge in [0.05, 0.1) is 11.1 Å². The maximum absolute atomic E-state index is 12.1. The summed E-state index contributed by atoms with van der Waals surface area (Å²) >= 11 is 9.42. The zero-order valence-corrected chi connectivity index (χ0v) is 15.8. The number of carbonyl (C=O) groups excluding carboxylic acids is 1. The van der Waals surface area contributed by atoms with Crippen LogP contribution in [-0.2, 0) is 17.6 Å². The predicted molar refractivity (Wildman–Crippen MR) is 99.7 cm³/mol. The molecule has 0 aromatic heterocycles. The second-order valence-electron chi connectivity index (χ2n) is 6.03. The van der Waals surface area contributed by atoms with E-state index < -0.39 is 0 Å². The van der Waals surface area contributed by atoms with Crippen LogP contribution in [0.2, 0.25) is 5.02 Å². The number of halogens is 2. The average molecular weight is 409 g/mol. The number of benzene rings is 2. The third-order valence-corrected chi connectivity index (χ3v) is 5.04. The average Bonchev–Trinajstić information content (AvgIpc) is 3.01. The van der Waals surface area contributed by atoms with Crippen LogP contribution in [0.15, 0.2) is 40.9 Å². The summed E-state index contributed by atoms with van der Waals surface area (Å²) in [5.74, 6) is 0.335. The molecule has 1 amide bonds. The highest BCUT2D eigenvalue weighted by Crippen LogP contribution is 2.28. The summed E-state index contributed by atoms with van der Waals surface area (Å²) in [6.45, 7) is 1.93. The van der Waals surface area contributed by atoms with E-state index in [-0.39, 0.29) is 18.6 Å². The second kappa shape index (κ2) is 7.58. The fourth-order valence-corrected chi connectivity index (χ4v) is 3.69. The predicted octanol–water partition coefficient (Wildman–Crippen LogP) is 4.85. The SMILES string of the molecule is CC(NC(=O)COc1ccc(Br)cc1Cl)c1ccc2c(c1)CCC2.